The van der Waals surface area contributed by atoms with Crippen molar-refractivity contribution in [1.82, 2.24) is 14.6 Å². The van der Waals surface area contributed by atoms with E-state index in [1.165, 1.54) is 16.7 Å². The van der Waals surface area contributed by atoms with Crippen LogP contribution in [0.4, 0.5) is 0 Å². The van der Waals surface area contributed by atoms with E-state index in [0.29, 0.717) is 12.1 Å². The number of oxazole rings is 1. The molecule has 0 amide bonds. The van der Waals surface area contributed by atoms with Crippen LogP contribution in [0.15, 0.2) is 32.3 Å². The third-order valence-corrected chi connectivity index (χ3v) is 4.76. The molecule has 0 aliphatic rings. The lowest BCUT2D eigenvalue weighted by atomic mass is 10.3. The van der Waals surface area contributed by atoms with E-state index in [2.05, 4.69) is 10.0 Å². The van der Waals surface area contributed by atoms with Crippen LogP contribution in [-0.4, -0.2) is 32.6 Å². The normalized spacial score (nSPS) is 13.0. The van der Waals surface area contributed by atoms with Crippen LogP contribution in [0.3, 0.4) is 0 Å². The molecule has 2 rings (SSSR count). The number of aryl methyl sites for hydroxylation is 1. The smallest absolute Gasteiger partial charge is 0.408 e. The summed E-state index contributed by atoms with van der Waals surface area (Å²) in [6.45, 7) is 4.43. The van der Waals surface area contributed by atoms with Gasteiger partial charge in [0.15, 0.2) is 5.58 Å². The number of benzene rings is 1. The van der Waals surface area contributed by atoms with Crippen molar-refractivity contribution in [1.29, 1.82) is 0 Å². The van der Waals surface area contributed by atoms with E-state index in [4.69, 9.17) is 4.42 Å². The Kier molecular flexibility index (Phi) is 6.18. The Morgan fingerprint density at radius 3 is 2.64 bits per heavy atom. The minimum Gasteiger partial charge on any atom is -0.408 e. The highest BCUT2D eigenvalue weighted by atomic mass is 35.5. The van der Waals surface area contributed by atoms with Gasteiger partial charge in [0.05, 0.1) is 10.4 Å². The molecule has 0 aliphatic heterocycles. The van der Waals surface area contributed by atoms with Crippen molar-refractivity contribution in [2.45, 2.75) is 31.3 Å². The first kappa shape index (κ1) is 18.7. The van der Waals surface area contributed by atoms with Gasteiger partial charge in [0.25, 0.3) is 0 Å². The van der Waals surface area contributed by atoms with Crippen molar-refractivity contribution >= 4 is 33.5 Å². The van der Waals surface area contributed by atoms with Crippen LogP contribution in [0.2, 0.25) is 0 Å². The van der Waals surface area contributed by atoms with E-state index in [0.717, 1.165) is 0 Å². The van der Waals surface area contributed by atoms with Crippen LogP contribution < -0.4 is 15.8 Å². The fourth-order valence-corrected chi connectivity index (χ4v) is 3.08. The maximum Gasteiger partial charge on any atom is 0.419 e. The van der Waals surface area contributed by atoms with Crippen molar-refractivity contribution in [2.75, 3.05) is 13.6 Å². The molecule has 124 valence electrons. The molecular formula is C13H20ClN3O4S. The van der Waals surface area contributed by atoms with Crippen molar-refractivity contribution in [3.63, 3.8) is 0 Å². The first-order valence-corrected chi connectivity index (χ1v) is 8.17. The Balaban J connectivity index is 0.00000242. The third-order valence-electron chi connectivity index (χ3n) is 3.34. The van der Waals surface area contributed by atoms with E-state index in [-0.39, 0.29) is 35.5 Å². The van der Waals surface area contributed by atoms with Crippen LogP contribution in [0.5, 0.6) is 0 Å². The molecule has 1 atom stereocenters. The zero-order valence-electron chi connectivity index (χ0n) is 12.6. The van der Waals surface area contributed by atoms with Gasteiger partial charge in [-0.15, -0.1) is 12.4 Å². The van der Waals surface area contributed by atoms with E-state index >= 15 is 0 Å². The predicted molar refractivity (Wildman–Crippen MR) is 87.1 cm³/mol. The molecule has 1 unspecified atom stereocenters. The second-order valence-electron chi connectivity index (χ2n) is 4.78. The molecule has 2 aromatic rings. The highest BCUT2D eigenvalue weighted by Gasteiger charge is 2.17. The van der Waals surface area contributed by atoms with Crippen LogP contribution >= 0.6 is 12.4 Å². The average molecular weight is 350 g/mol. The molecule has 2 N–H and O–H groups in total. The molecule has 0 aliphatic carbocycles. The van der Waals surface area contributed by atoms with Gasteiger partial charge in [-0.05, 0) is 33.0 Å². The Bertz CT molecular complexity index is 797. The zero-order valence-corrected chi connectivity index (χ0v) is 14.3. The van der Waals surface area contributed by atoms with Gasteiger partial charge >= 0.3 is 5.76 Å². The number of sulfonamides is 1. The van der Waals surface area contributed by atoms with Crippen LogP contribution in [0, 0.1) is 0 Å². The fraction of sp³-hybridized carbons (Fsp3) is 0.462. The number of nitrogens with zero attached hydrogens (tertiary/aromatic N) is 1. The molecule has 0 saturated carbocycles. The number of likely N-dealkylation sites (N-methyl/N-ethyl adjacent to an activating group) is 1. The average Bonchev–Trinajstić information content (AvgIpc) is 2.78. The number of aromatic nitrogens is 1. The lowest BCUT2D eigenvalue weighted by Gasteiger charge is -2.11. The summed E-state index contributed by atoms with van der Waals surface area (Å²) < 4.78 is 33.4. The molecule has 0 fully saturated rings. The molecule has 1 aromatic carbocycles. The number of hydrogen-bond donors (Lipinski definition) is 2. The molecule has 0 bridgehead atoms. The lowest BCUT2D eigenvalue weighted by molar-refractivity contribution is 0.512. The standard InChI is InChI=1S/C13H19N3O4S.ClH/c1-4-16-11-6-5-10(7-12(11)20-13(16)17)21(18,19)15-8-9(2)14-3;/h5-7,9,14-15H,4,8H2,1-3H3;1H. The molecular weight excluding hydrogens is 330 g/mol. The number of fused-ring (bicyclic) bond motifs is 1. The van der Waals surface area contributed by atoms with Gasteiger partial charge in [-0.2, -0.15) is 0 Å². The molecule has 9 heteroatoms. The summed E-state index contributed by atoms with van der Waals surface area (Å²) in [5, 5.41) is 2.95. The molecule has 22 heavy (non-hydrogen) atoms. The van der Waals surface area contributed by atoms with E-state index in [9.17, 15) is 13.2 Å². The van der Waals surface area contributed by atoms with E-state index in [1.54, 1.807) is 13.1 Å². The number of halogens is 1. The summed E-state index contributed by atoms with van der Waals surface area (Å²) in [6.07, 6.45) is 0. The third kappa shape index (κ3) is 3.70. The van der Waals surface area contributed by atoms with Gasteiger partial charge in [-0.1, -0.05) is 0 Å². The summed E-state index contributed by atoms with van der Waals surface area (Å²) in [4.78, 5) is 11.7. The van der Waals surface area contributed by atoms with Gasteiger partial charge in [-0.25, -0.2) is 17.9 Å². The molecule has 7 nitrogen and oxygen atoms in total. The summed E-state index contributed by atoms with van der Waals surface area (Å²) in [5.74, 6) is -0.487. The lowest BCUT2D eigenvalue weighted by Crippen LogP contribution is -2.37. The van der Waals surface area contributed by atoms with Gasteiger partial charge in [0, 0.05) is 25.2 Å². The highest BCUT2D eigenvalue weighted by Crippen LogP contribution is 2.18. The Morgan fingerprint density at radius 2 is 2.05 bits per heavy atom. The van der Waals surface area contributed by atoms with Gasteiger partial charge in [-0.3, -0.25) is 4.57 Å². The topological polar surface area (TPSA) is 93.3 Å². The number of rotatable bonds is 6. The Morgan fingerprint density at radius 1 is 1.36 bits per heavy atom. The van der Waals surface area contributed by atoms with Gasteiger partial charge in [0.2, 0.25) is 10.0 Å². The molecule has 1 aromatic heterocycles. The maximum atomic E-state index is 12.2. The zero-order chi connectivity index (χ0) is 15.6. The van der Waals surface area contributed by atoms with Crippen molar-refractivity contribution < 1.29 is 12.8 Å². The molecule has 0 radical (unpaired) electrons. The van der Waals surface area contributed by atoms with Crippen molar-refractivity contribution in [3.05, 3.63) is 28.7 Å². The maximum absolute atomic E-state index is 12.2. The first-order chi connectivity index (χ1) is 9.89. The second kappa shape index (κ2) is 7.28. The van der Waals surface area contributed by atoms with E-state index < -0.39 is 15.8 Å². The molecule has 1 heterocycles. The highest BCUT2D eigenvalue weighted by molar-refractivity contribution is 7.89. The Hall–Kier alpha value is -1.35. The van der Waals surface area contributed by atoms with Gasteiger partial charge in [0.1, 0.15) is 0 Å². The predicted octanol–water partition coefficient (Wildman–Crippen LogP) is 0.922. The summed E-state index contributed by atoms with van der Waals surface area (Å²) in [6, 6.07) is 4.44. The summed E-state index contributed by atoms with van der Waals surface area (Å²) in [5.41, 5.74) is 0.858. The molecule has 0 spiro atoms. The second-order valence-corrected chi connectivity index (χ2v) is 6.55. The summed E-state index contributed by atoms with van der Waals surface area (Å²) >= 11 is 0. The molecule has 0 saturated heterocycles. The minimum absolute atomic E-state index is 0. The van der Waals surface area contributed by atoms with Gasteiger partial charge < -0.3 is 9.73 Å². The van der Waals surface area contributed by atoms with Crippen LogP contribution in [0.25, 0.3) is 11.1 Å². The Labute approximate surface area is 135 Å². The SMILES string of the molecule is CCn1c(=O)oc2cc(S(=O)(=O)NCC(C)NC)ccc21.Cl. The van der Waals surface area contributed by atoms with Crippen molar-refractivity contribution in [2.24, 2.45) is 0 Å². The van der Waals surface area contributed by atoms with E-state index in [1.807, 2.05) is 13.8 Å². The monoisotopic (exact) mass is 349 g/mol. The quantitative estimate of drug-likeness (QED) is 0.809. The van der Waals surface area contributed by atoms with Crippen LogP contribution in [0.1, 0.15) is 13.8 Å². The van der Waals surface area contributed by atoms with Crippen LogP contribution in [-0.2, 0) is 16.6 Å². The first-order valence-electron chi connectivity index (χ1n) is 6.69. The van der Waals surface area contributed by atoms with Crippen molar-refractivity contribution in [3.8, 4) is 0 Å². The fourth-order valence-electron chi connectivity index (χ4n) is 1.93. The number of nitrogens with one attached hydrogen (secondary N) is 2. The largest absolute Gasteiger partial charge is 0.419 e. The minimum atomic E-state index is -3.63. The number of hydrogen-bond acceptors (Lipinski definition) is 5. The summed E-state index contributed by atoms with van der Waals surface area (Å²) in [7, 11) is -1.87.